The summed E-state index contributed by atoms with van der Waals surface area (Å²) in [6.07, 6.45) is 3.63. The van der Waals surface area contributed by atoms with E-state index < -0.39 is 0 Å². The fourth-order valence-electron chi connectivity index (χ4n) is 3.79. The predicted octanol–water partition coefficient (Wildman–Crippen LogP) is 3.03. The normalized spacial score (nSPS) is 16.8. The van der Waals surface area contributed by atoms with Gasteiger partial charge in [0, 0.05) is 31.2 Å². The van der Waals surface area contributed by atoms with E-state index in [0.29, 0.717) is 25.5 Å². The molecule has 3 aromatic rings. The molecule has 1 aliphatic rings. The van der Waals surface area contributed by atoms with E-state index in [4.69, 9.17) is 14.1 Å². The second kappa shape index (κ2) is 8.00. The van der Waals surface area contributed by atoms with Crippen LogP contribution in [-0.2, 0) is 10.2 Å². The van der Waals surface area contributed by atoms with Gasteiger partial charge >= 0.3 is 0 Å². The number of fused-ring (bicyclic) bond motifs is 1. The Morgan fingerprint density at radius 1 is 1.21 bits per heavy atom. The van der Waals surface area contributed by atoms with E-state index in [1.54, 1.807) is 6.26 Å². The van der Waals surface area contributed by atoms with Crippen LogP contribution in [0.3, 0.4) is 0 Å². The number of rotatable bonds is 5. The number of ether oxygens (including phenoxy) is 1. The largest absolute Gasteiger partial charge is 0.468 e. The Balaban J connectivity index is 1.57. The maximum atomic E-state index is 13.1. The molecule has 0 saturated carbocycles. The maximum Gasteiger partial charge on any atom is 0.272 e. The molecule has 1 aliphatic heterocycles. The van der Waals surface area contributed by atoms with Crippen LogP contribution in [0.1, 0.15) is 48.9 Å². The summed E-state index contributed by atoms with van der Waals surface area (Å²) in [7, 11) is 0. The highest BCUT2D eigenvalue weighted by Crippen LogP contribution is 2.25. The molecule has 1 fully saturated rings. The zero-order valence-corrected chi connectivity index (χ0v) is 17.2. The number of hydrogen-bond donors (Lipinski definition) is 1. The number of carbonyl (C=O) groups is 1. The second-order valence-electron chi connectivity index (χ2n) is 8.38. The second-order valence-corrected chi connectivity index (χ2v) is 8.38. The first-order valence-electron chi connectivity index (χ1n) is 10.1. The minimum absolute atomic E-state index is 0.0335. The van der Waals surface area contributed by atoms with Crippen molar-refractivity contribution in [3.63, 3.8) is 0 Å². The number of imidazole rings is 1. The number of furan rings is 1. The summed E-state index contributed by atoms with van der Waals surface area (Å²) in [4.78, 5) is 20.1. The number of aromatic nitrogens is 2. The van der Waals surface area contributed by atoms with Crippen molar-refractivity contribution in [1.82, 2.24) is 19.6 Å². The van der Waals surface area contributed by atoms with Gasteiger partial charge in [-0.25, -0.2) is 4.98 Å². The molecule has 0 spiro atoms. The minimum Gasteiger partial charge on any atom is -0.468 e. The lowest BCUT2D eigenvalue weighted by Crippen LogP contribution is -2.43. The van der Waals surface area contributed by atoms with Gasteiger partial charge in [0.2, 0.25) is 0 Å². The molecule has 29 heavy (non-hydrogen) atoms. The molecule has 1 atom stereocenters. The summed E-state index contributed by atoms with van der Waals surface area (Å²) in [5, 5.41) is 3.08. The van der Waals surface area contributed by atoms with Gasteiger partial charge < -0.3 is 18.9 Å². The number of morpholine rings is 1. The van der Waals surface area contributed by atoms with Gasteiger partial charge in [0.15, 0.2) is 5.69 Å². The fourth-order valence-corrected chi connectivity index (χ4v) is 3.79. The van der Waals surface area contributed by atoms with Crippen molar-refractivity contribution >= 4 is 11.4 Å². The van der Waals surface area contributed by atoms with Crippen molar-refractivity contribution in [2.75, 3.05) is 32.8 Å². The molecule has 154 valence electrons. The Hall–Kier alpha value is -2.64. The Morgan fingerprint density at radius 2 is 2.00 bits per heavy atom. The highest BCUT2D eigenvalue weighted by molar-refractivity contribution is 5.99. The van der Waals surface area contributed by atoms with Gasteiger partial charge in [0.05, 0.1) is 31.0 Å². The Labute approximate surface area is 170 Å². The summed E-state index contributed by atoms with van der Waals surface area (Å²) < 4.78 is 13.1. The van der Waals surface area contributed by atoms with Crippen LogP contribution >= 0.6 is 0 Å². The van der Waals surface area contributed by atoms with Crippen LogP contribution in [-0.4, -0.2) is 53.0 Å². The number of carbonyl (C=O) groups excluding carboxylic acids is 1. The van der Waals surface area contributed by atoms with Crippen LogP contribution < -0.4 is 5.32 Å². The van der Waals surface area contributed by atoms with E-state index in [0.717, 1.165) is 30.2 Å². The minimum atomic E-state index is -0.173. The van der Waals surface area contributed by atoms with E-state index in [1.165, 1.54) is 0 Å². The first kappa shape index (κ1) is 19.7. The van der Waals surface area contributed by atoms with Gasteiger partial charge in [-0.2, -0.15) is 0 Å². The number of hydrogen-bond acceptors (Lipinski definition) is 5. The Bertz CT molecular complexity index is 966. The van der Waals surface area contributed by atoms with E-state index in [9.17, 15) is 4.79 Å². The maximum absolute atomic E-state index is 13.1. The smallest absolute Gasteiger partial charge is 0.272 e. The van der Waals surface area contributed by atoms with E-state index in [-0.39, 0.29) is 17.4 Å². The van der Waals surface area contributed by atoms with Gasteiger partial charge in [-0.3, -0.25) is 9.69 Å². The molecule has 1 amide bonds. The molecule has 7 heteroatoms. The molecule has 3 aromatic heterocycles. The van der Waals surface area contributed by atoms with Gasteiger partial charge in [0.25, 0.3) is 5.91 Å². The van der Waals surface area contributed by atoms with E-state index in [2.05, 4.69) is 31.0 Å². The lowest BCUT2D eigenvalue weighted by molar-refractivity contribution is 0.0118. The molecule has 4 heterocycles. The summed E-state index contributed by atoms with van der Waals surface area (Å²) in [5.41, 5.74) is 1.10. The highest BCUT2D eigenvalue weighted by atomic mass is 16.5. The molecule has 1 unspecified atom stereocenters. The quantitative estimate of drug-likeness (QED) is 0.718. The van der Waals surface area contributed by atoms with Gasteiger partial charge in [0.1, 0.15) is 11.6 Å². The Kier molecular flexibility index (Phi) is 5.43. The monoisotopic (exact) mass is 396 g/mol. The van der Waals surface area contributed by atoms with Crippen LogP contribution in [0.4, 0.5) is 0 Å². The van der Waals surface area contributed by atoms with Crippen molar-refractivity contribution in [1.29, 1.82) is 0 Å². The molecule has 0 aliphatic carbocycles. The van der Waals surface area contributed by atoms with Crippen LogP contribution in [0.25, 0.3) is 5.52 Å². The molecule has 7 nitrogen and oxygen atoms in total. The summed E-state index contributed by atoms with van der Waals surface area (Å²) in [5.74, 6) is 1.54. The molecule has 1 N–H and O–H groups in total. The average Bonchev–Trinajstić information content (AvgIpc) is 3.37. The van der Waals surface area contributed by atoms with Crippen molar-refractivity contribution in [2.24, 2.45) is 0 Å². The van der Waals surface area contributed by atoms with Crippen LogP contribution in [0.5, 0.6) is 0 Å². The molecule has 0 aromatic carbocycles. The number of nitrogens with one attached hydrogen (secondary N) is 1. The highest BCUT2D eigenvalue weighted by Gasteiger charge is 2.28. The predicted molar refractivity (Wildman–Crippen MR) is 110 cm³/mol. The fraction of sp³-hybridized carbons (Fsp3) is 0.455. The van der Waals surface area contributed by atoms with Gasteiger partial charge in [-0.1, -0.05) is 26.8 Å². The number of pyridine rings is 1. The topological polar surface area (TPSA) is 72.0 Å². The summed E-state index contributed by atoms with van der Waals surface area (Å²) >= 11 is 0. The van der Waals surface area contributed by atoms with Crippen molar-refractivity contribution in [3.05, 3.63) is 60.1 Å². The zero-order valence-electron chi connectivity index (χ0n) is 17.2. The van der Waals surface area contributed by atoms with Gasteiger partial charge in [-0.15, -0.1) is 0 Å². The zero-order chi connectivity index (χ0) is 20.4. The third-order valence-electron chi connectivity index (χ3n) is 5.25. The van der Waals surface area contributed by atoms with Crippen molar-refractivity contribution in [3.8, 4) is 0 Å². The molecule has 0 bridgehead atoms. The first-order valence-corrected chi connectivity index (χ1v) is 10.1. The lowest BCUT2D eigenvalue weighted by atomic mass is 9.96. The molecular formula is C22H28N4O3. The van der Waals surface area contributed by atoms with E-state index >= 15 is 0 Å². The van der Waals surface area contributed by atoms with E-state index in [1.807, 2.05) is 40.9 Å². The average molecular weight is 396 g/mol. The number of amides is 1. The summed E-state index contributed by atoms with van der Waals surface area (Å²) in [6, 6.07) is 9.62. The van der Waals surface area contributed by atoms with Crippen molar-refractivity contribution < 1.29 is 13.9 Å². The molecule has 4 rings (SSSR count). The molecule has 0 radical (unpaired) electrons. The Morgan fingerprint density at radius 3 is 2.69 bits per heavy atom. The first-order chi connectivity index (χ1) is 13.9. The van der Waals surface area contributed by atoms with Crippen LogP contribution in [0.2, 0.25) is 0 Å². The van der Waals surface area contributed by atoms with Crippen LogP contribution in [0, 0.1) is 0 Å². The standard InChI is InChI=1S/C22H28N4O3/c1-22(2,3)21-24-19(16-7-4-5-9-26(16)21)20(27)23-15-17(18-8-6-12-29-18)25-10-13-28-14-11-25/h4-9,12,17H,10-11,13-15H2,1-3H3,(H,23,27). The van der Waals surface area contributed by atoms with Crippen molar-refractivity contribution in [2.45, 2.75) is 32.2 Å². The van der Waals surface area contributed by atoms with Gasteiger partial charge in [-0.05, 0) is 24.3 Å². The third kappa shape index (κ3) is 4.06. The summed E-state index contributed by atoms with van der Waals surface area (Å²) in [6.45, 7) is 9.73. The van der Waals surface area contributed by atoms with Crippen LogP contribution in [0.15, 0.2) is 47.2 Å². The lowest BCUT2D eigenvalue weighted by Gasteiger charge is -2.33. The third-order valence-corrected chi connectivity index (χ3v) is 5.25. The molecule has 1 saturated heterocycles. The SMILES string of the molecule is CC(C)(C)c1nc(C(=O)NCC(c2ccco2)N2CCOCC2)c2ccccn12. The number of nitrogens with zero attached hydrogens (tertiary/aromatic N) is 3. The molecular weight excluding hydrogens is 368 g/mol.